The van der Waals surface area contributed by atoms with E-state index in [4.69, 9.17) is 0 Å². The summed E-state index contributed by atoms with van der Waals surface area (Å²) in [7, 11) is 0. The number of carbonyl (C=O) groups is 1. The Labute approximate surface area is 138 Å². The van der Waals surface area contributed by atoms with E-state index in [0.717, 1.165) is 44.0 Å². The van der Waals surface area contributed by atoms with Crippen molar-refractivity contribution in [3.8, 4) is 0 Å². The molecule has 1 aromatic heterocycles. The number of aliphatic hydroxyl groups is 1. The number of nitrogens with zero attached hydrogens (tertiary/aromatic N) is 1. The SMILES string of the molecule is CC(O)(CNC(=O)Nc1ccc(C(F)(F)F)nc1)C1CCCCC1. The first-order chi connectivity index (χ1) is 11.2. The largest absolute Gasteiger partial charge is 0.433 e. The molecule has 1 aliphatic rings. The molecule has 0 aliphatic heterocycles. The average molecular weight is 345 g/mol. The molecular weight excluding hydrogens is 323 g/mol. The lowest BCUT2D eigenvalue weighted by Crippen LogP contribution is -2.47. The third kappa shape index (κ3) is 5.09. The summed E-state index contributed by atoms with van der Waals surface area (Å²) in [5, 5.41) is 15.5. The van der Waals surface area contributed by atoms with Gasteiger partial charge in [0.1, 0.15) is 5.69 Å². The molecule has 1 heterocycles. The molecule has 1 aromatic rings. The van der Waals surface area contributed by atoms with Gasteiger partial charge in [-0.25, -0.2) is 9.78 Å². The maximum atomic E-state index is 12.4. The fraction of sp³-hybridized carbons (Fsp3) is 0.625. The van der Waals surface area contributed by atoms with E-state index >= 15 is 0 Å². The Morgan fingerprint density at radius 1 is 1.29 bits per heavy atom. The van der Waals surface area contributed by atoms with E-state index in [2.05, 4.69) is 15.6 Å². The highest BCUT2D eigenvalue weighted by atomic mass is 19.4. The van der Waals surface area contributed by atoms with Crippen LogP contribution in [0.25, 0.3) is 0 Å². The predicted molar refractivity (Wildman–Crippen MR) is 83.5 cm³/mol. The Bertz CT molecular complexity index is 553. The van der Waals surface area contributed by atoms with Crippen molar-refractivity contribution in [1.82, 2.24) is 10.3 Å². The lowest BCUT2D eigenvalue weighted by molar-refractivity contribution is -0.141. The summed E-state index contributed by atoms with van der Waals surface area (Å²) in [5.41, 5.74) is -1.87. The fourth-order valence-corrected chi connectivity index (χ4v) is 2.94. The second-order valence-corrected chi connectivity index (χ2v) is 6.43. The van der Waals surface area contributed by atoms with Gasteiger partial charge in [0, 0.05) is 6.54 Å². The smallest absolute Gasteiger partial charge is 0.388 e. The van der Waals surface area contributed by atoms with Crippen LogP contribution in [0.4, 0.5) is 23.7 Å². The van der Waals surface area contributed by atoms with Crippen LogP contribution < -0.4 is 10.6 Å². The molecule has 3 N–H and O–H groups in total. The standard InChI is InChI=1S/C16H22F3N3O2/c1-15(24,11-5-3-2-4-6-11)10-21-14(23)22-12-7-8-13(20-9-12)16(17,18)19/h7-9,11,24H,2-6,10H2,1H3,(H2,21,22,23). The van der Waals surface area contributed by atoms with Crippen LogP contribution in [0.15, 0.2) is 18.3 Å². The van der Waals surface area contributed by atoms with E-state index in [9.17, 15) is 23.1 Å². The van der Waals surface area contributed by atoms with Gasteiger partial charge < -0.3 is 15.7 Å². The number of carbonyl (C=O) groups excluding carboxylic acids is 1. The number of nitrogens with one attached hydrogen (secondary N) is 2. The summed E-state index contributed by atoms with van der Waals surface area (Å²) >= 11 is 0. The molecule has 2 rings (SSSR count). The Balaban J connectivity index is 1.84. The zero-order valence-electron chi connectivity index (χ0n) is 13.5. The molecule has 1 unspecified atom stereocenters. The molecule has 0 saturated heterocycles. The summed E-state index contributed by atoms with van der Waals surface area (Å²) in [6, 6.07) is 1.34. The van der Waals surface area contributed by atoms with Gasteiger partial charge in [-0.15, -0.1) is 0 Å². The first-order valence-electron chi connectivity index (χ1n) is 7.99. The van der Waals surface area contributed by atoms with Gasteiger partial charge in [-0.1, -0.05) is 19.3 Å². The minimum Gasteiger partial charge on any atom is -0.388 e. The number of amides is 2. The molecule has 1 atom stereocenters. The number of aromatic nitrogens is 1. The molecule has 5 nitrogen and oxygen atoms in total. The zero-order chi connectivity index (χ0) is 17.8. The van der Waals surface area contributed by atoms with Gasteiger partial charge in [-0.2, -0.15) is 13.2 Å². The molecule has 1 aliphatic carbocycles. The first kappa shape index (κ1) is 18.5. The van der Waals surface area contributed by atoms with Crippen molar-refractivity contribution in [2.75, 3.05) is 11.9 Å². The summed E-state index contributed by atoms with van der Waals surface area (Å²) in [5.74, 6) is 0.138. The lowest BCUT2D eigenvalue weighted by Gasteiger charge is -2.35. The van der Waals surface area contributed by atoms with Crippen LogP contribution in [0, 0.1) is 5.92 Å². The van der Waals surface area contributed by atoms with Crippen LogP contribution in [-0.2, 0) is 6.18 Å². The lowest BCUT2D eigenvalue weighted by atomic mass is 9.78. The van der Waals surface area contributed by atoms with Crippen molar-refractivity contribution in [2.24, 2.45) is 5.92 Å². The van der Waals surface area contributed by atoms with E-state index in [-0.39, 0.29) is 18.2 Å². The van der Waals surface area contributed by atoms with Crippen molar-refractivity contribution in [2.45, 2.75) is 50.8 Å². The van der Waals surface area contributed by atoms with Crippen molar-refractivity contribution in [1.29, 1.82) is 0 Å². The van der Waals surface area contributed by atoms with Crippen molar-refractivity contribution in [3.63, 3.8) is 0 Å². The van der Waals surface area contributed by atoms with Gasteiger partial charge in [0.25, 0.3) is 0 Å². The Morgan fingerprint density at radius 3 is 2.50 bits per heavy atom. The minimum atomic E-state index is -4.51. The van der Waals surface area contributed by atoms with Gasteiger partial charge >= 0.3 is 12.2 Å². The van der Waals surface area contributed by atoms with E-state index in [1.807, 2.05) is 0 Å². The number of rotatable bonds is 4. The number of hydrogen-bond acceptors (Lipinski definition) is 3. The number of alkyl halides is 3. The second kappa shape index (κ2) is 7.38. The van der Waals surface area contributed by atoms with Crippen molar-refractivity contribution >= 4 is 11.7 Å². The first-order valence-corrected chi connectivity index (χ1v) is 7.99. The van der Waals surface area contributed by atoms with Crippen LogP contribution in [0.1, 0.15) is 44.7 Å². The van der Waals surface area contributed by atoms with Crippen molar-refractivity contribution in [3.05, 3.63) is 24.0 Å². The number of halogens is 3. The minimum absolute atomic E-state index is 0.0809. The third-order valence-electron chi connectivity index (χ3n) is 4.40. The van der Waals surface area contributed by atoms with Crippen LogP contribution >= 0.6 is 0 Å². The number of anilines is 1. The highest BCUT2D eigenvalue weighted by molar-refractivity contribution is 5.89. The normalized spacial score (nSPS) is 18.7. The Morgan fingerprint density at radius 2 is 1.96 bits per heavy atom. The summed E-state index contributed by atoms with van der Waals surface area (Å²) < 4.78 is 37.3. The monoisotopic (exact) mass is 345 g/mol. The van der Waals surface area contributed by atoms with Gasteiger partial charge in [0.05, 0.1) is 17.5 Å². The molecular formula is C16H22F3N3O2. The Kier molecular flexibility index (Phi) is 5.69. The van der Waals surface area contributed by atoms with E-state index < -0.39 is 23.5 Å². The van der Waals surface area contributed by atoms with Crippen LogP contribution in [0.5, 0.6) is 0 Å². The molecule has 134 valence electrons. The maximum Gasteiger partial charge on any atom is 0.433 e. The number of hydrogen-bond donors (Lipinski definition) is 3. The van der Waals surface area contributed by atoms with Crippen LogP contribution in [0.3, 0.4) is 0 Å². The summed E-state index contributed by atoms with van der Waals surface area (Å²) in [4.78, 5) is 15.1. The van der Waals surface area contributed by atoms with E-state index in [1.54, 1.807) is 6.92 Å². The van der Waals surface area contributed by atoms with Gasteiger partial charge in [-0.05, 0) is 37.8 Å². The molecule has 24 heavy (non-hydrogen) atoms. The molecule has 1 saturated carbocycles. The third-order valence-corrected chi connectivity index (χ3v) is 4.40. The topological polar surface area (TPSA) is 74.2 Å². The molecule has 1 fully saturated rings. The average Bonchev–Trinajstić information content (AvgIpc) is 2.54. The quantitative estimate of drug-likeness (QED) is 0.781. The highest BCUT2D eigenvalue weighted by Gasteiger charge is 2.33. The van der Waals surface area contributed by atoms with E-state index in [0.29, 0.717) is 0 Å². The zero-order valence-corrected chi connectivity index (χ0v) is 13.5. The second-order valence-electron chi connectivity index (χ2n) is 6.43. The summed E-state index contributed by atoms with van der Waals surface area (Å²) in [6.07, 6.45) is 1.61. The predicted octanol–water partition coefficient (Wildman–Crippen LogP) is 3.55. The van der Waals surface area contributed by atoms with Gasteiger partial charge in [0.15, 0.2) is 0 Å². The molecule has 0 spiro atoms. The molecule has 8 heteroatoms. The molecule has 0 aromatic carbocycles. The van der Waals surface area contributed by atoms with E-state index in [1.165, 1.54) is 6.42 Å². The molecule has 0 radical (unpaired) electrons. The van der Waals surface area contributed by atoms with Crippen LogP contribution in [0.2, 0.25) is 0 Å². The number of urea groups is 1. The van der Waals surface area contributed by atoms with Gasteiger partial charge in [0.2, 0.25) is 0 Å². The number of pyridine rings is 1. The van der Waals surface area contributed by atoms with Crippen molar-refractivity contribution < 1.29 is 23.1 Å². The van der Waals surface area contributed by atoms with Gasteiger partial charge in [-0.3, -0.25) is 0 Å². The molecule has 0 bridgehead atoms. The maximum absolute atomic E-state index is 12.4. The Hall–Kier alpha value is -1.83. The summed E-state index contributed by atoms with van der Waals surface area (Å²) in [6.45, 7) is 1.78. The van der Waals surface area contributed by atoms with Crippen LogP contribution in [-0.4, -0.2) is 28.3 Å². The molecule has 2 amide bonds. The fourth-order valence-electron chi connectivity index (χ4n) is 2.94. The highest BCUT2D eigenvalue weighted by Crippen LogP contribution is 2.32.